The maximum absolute atomic E-state index is 12.0. The van der Waals surface area contributed by atoms with Crippen molar-refractivity contribution in [3.63, 3.8) is 0 Å². The van der Waals surface area contributed by atoms with Crippen LogP contribution in [0.4, 0.5) is 13.2 Å². The van der Waals surface area contributed by atoms with Gasteiger partial charge in [-0.1, -0.05) is 89.9 Å². The summed E-state index contributed by atoms with van der Waals surface area (Å²) in [6.45, 7) is 1.71. The molecule has 2 nitrogen and oxygen atoms in total. The molecule has 0 radical (unpaired) electrons. The number of halogens is 3. The van der Waals surface area contributed by atoms with Crippen molar-refractivity contribution in [3.05, 3.63) is 0 Å². The van der Waals surface area contributed by atoms with Gasteiger partial charge in [0.2, 0.25) is 0 Å². The number of ether oxygens (including phenoxy) is 2. The van der Waals surface area contributed by atoms with Crippen molar-refractivity contribution in [1.82, 2.24) is 0 Å². The van der Waals surface area contributed by atoms with Crippen molar-refractivity contribution in [1.29, 1.82) is 0 Å². The standard InChI is InChI=1S/C24H45F3O2/c25-24(26,27)20-16-13-11-9-7-5-3-1-2-4-6-8-10-12-14-17-21-28-23-19-15-18-22-29-23/h23H,1-22H2. The van der Waals surface area contributed by atoms with Gasteiger partial charge in [-0.25, -0.2) is 0 Å². The van der Waals surface area contributed by atoms with E-state index >= 15 is 0 Å². The molecule has 174 valence electrons. The zero-order chi connectivity index (χ0) is 21.0. The molecular weight excluding hydrogens is 377 g/mol. The summed E-state index contributed by atoms with van der Waals surface area (Å²) in [5, 5.41) is 0. The third-order valence-electron chi connectivity index (χ3n) is 5.80. The van der Waals surface area contributed by atoms with Crippen LogP contribution in [0, 0.1) is 0 Å². The lowest BCUT2D eigenvalue weighted by atomic mass is 10.0. The van der Waals surface area contributed by atoms with Crippen LogP contribution in [0.1, 0.15) is 128 Å². The summed E-state index contributed by atoms with van der Waals surface area (Å²) in [6.07, 6.45) is 17.5. The van der Waals surface area contributed by atoms with E-state index in [1.54, 1.807) is 0 Å². The zero-order valence-corrected chi connectivity index (χ0v) is 18.6. The molecule has 1 fully saturated rings. The lowest BCUT2D eigenvalue weighted by Crippen LogP contribution is -2.22. The molecule has 1 heterocycles. The number of unbranched alkanes of at least 4 members (excludes halogenated alkanes) is 15. The van der Waals surface area contributed by atoms with Crippen LogP contribution in [0.2, 0.25) is 0 Å². The predicted octanol–water partition coefficient (Wildman–Crippen LogP) is 8.72. The highest BCUT2D eigenvalue weighted by atomic mass is 19.4. The number of hydrogen-bond acceptors (Lipinski definition) is 2. The Balaban J connectivity index is 1.66. The van der Waals surface area contributed by atoms with Crippen molar-refractivity contribution in [3.8, 4) is 0 Å². The molecule has 0 aliphatic carbocycles. The molecule has 1 unspecified atom stereocenters. The highest BCUT2D eigenvalue weighted by Gasteiger charge is 2.25. The molecule has 1 saturated heterocycles. The van der Waals surface area contributed by atoms with Gasteiger partial charge in [-0.2, -0.15) is 13.2 Å². The molecule has 0 saturated carbocycles. The van der Waals surface area contributed by atoms with Gasteiger partial charge in [-0.3, -0.25) is 0 Å². The zero-order valence-electron chi connectivity index (χ0n) is 18.6. The van der Waals surface area contributed by atoms with E-state index in [2.05, 4.69) is 0 Å². The molecule has 1 atom stereocenters. The van der Waals surface area contributed by atoms with E-state index in [1.165, 1.54) is 83.5 Å². The highest BCUT2D eigenvalue weighted by Crippen LogP contribution is 2.23. The Bertz CT molecular complexity index is 342. The SMILES string of the molecule is FC(F)(F)CCCCCCCCCCCCCCCCCCOC1CCCCO1. The monoisotopic (exact) mass is 422 g/mol. The van der Waals surface area contributed by atoms with E-state index in [-0.39, 0.29) is 6.29 Å². The molecule has 5 heteroatoms. The molecular formula is C24H45F3O2. The quantitative estimate of drug-likeness (QED) is 0.194. The maximum Gasteiger partial charge on any atom is 0.389 e. The van der Waals surface area contributed by atoms with E-state index < -0.39 is 12.6 Å². The Hall–Kier alpha value is -0.290. The van der Waals surface area contributed by atoms with Crippen LogP contribution in [0.3, 0.4) is 0 Å². The van der Waals surface area contributed by atoms with Crippen molar-refractivity contribution in [2.45, 2.75) is 141 Å². The first kappa shape index (κ1) is 26.7. The van der Waals surface area contributed by atoms with E-state index in [9.17, 15) is 13.2 Å². The first-order valence-electron chi connectivity index (χ1n) is 12.4. The van der Waals surface area contributed by atoms with Crippen LogP contribution in [0.25, 0.3) is 0 Å². The molecule has 1 aliphatic rings. The average molecular weight is 423 g/mol. The second-order valence-electron chi connectivity index (χ2n) is 8.69. The summed E-state index contributed by atoms with van der Waals surface area (Å²) in [7, 11) is 0. The third-order valence-corrected chi connectivity index (χ3v) is 5.80. The normalized spacial score (nSPS) is 17.7. The summed E-state index contributed by atoms with van der Waals surface area (Å²) >= 11 is 0. The molecule has 1 rings (SSSR count). The number of rotatable bonds is 19. The fourth-order valence-corrected chi connectivity index (χ4v) is 3.96. The fraction of sp³-hybridized carbons (Fsp3) is 1.00. The fourth-order valence-electron chi connectivity index (χ4n) is 3.96. The van der Waals surface area contributed by atoms with Gasteiger partial charge in [0.05, 0.1) is 0 Å². The molecule has 0 spiro atoms. The van der Waals surface area contributed by atoms with Crippen LogP contribution in [0.15, 0.2) is 0 Å². The van der Waals surface area contributed by atoms with Crippen LogP contribution >= 0.6 is 0 Å². The van der Waals surface area contributed by atoms with Crippen molar-refractivity contribution < 1.29 is 22.6 Å². The van der Waals surface area contributed by atoms with E-state index in [0.29, 0.717) is 6.42 Å². The summed E-state index contributed by atoms with van der Waals surface area (Å²) in [5.74, 6) is 0. The van der Waals surface area contributed by atoms with Crippen molar-refractivity contribution >= 4 is 0 Å². The van der Waals surface area contributed by atoms with Crippen LogP contribution in [-0.4, -0.2) is 25.7 Å². The average Bonchev–Trinajstić information content (AvgIpc) is 2.69. The molecule has 0 amide bonds. The maximum atomic E-state index is 12.0. The summed E-state index contributed by atoms with van der Waals surface area (Å²) < 4.78 is 47.4. The van der Waals surface area contributed by atoms with Gasteiger partial charge in [0.1, 0.15) is 0 Å². The van der Waals surface area contributed by atoms with E-state index in [1.807, 2.05) is 0 Å². The first-order chi connectivity index (χ1) is 14.1. The molecule has 0 aromatic carbocycles. The Labute approximate surface area is 177 Å². The molecule has 0 N–H and O–H groups in total. The minimum absolute atomic E-state index is 0.0621. The predicted molar refractivity (Wildman–Crippen MR) is 114 cm³/mol. The van der Waals surface area contributed by atoms with Crippen LogP contribution in [0.5, 0.6) is 0 Å². The minimum atomic E-state index is -3.97. The van der Waals surface area contributed by atoms with Gasteiger partial charge >= 0.3 is 6.18 Å². The molecule has 0 aromatic heterocycles. The highest BCUT2D eigenvalue weighted by molar-refractivity contribution is 4.55. The Morgan fingerprint density at radius 3 is 1.48 bits per heavy atom. The van der Waals surface area contributed by atoms with E-state index in [0.717, 1.165) is 45.3 Å². The topological polar surface area (TPSA) is 18.5 Å². The Kier molecular flexibility index (Phi) is 17.0. The van der Waals surface area contributed by atoms with E-state index in [4.69, 9.17) is 9.47 Å². The van der Waals surface area contributed by atoms with Gasteiger partial charge in [-0.05, 0) is 32.1 Å². The Morgan fingerprint density at radius 2 is 1.07 bits per heavy atom. The van der Waals surface area contributed by atoms with Gasteiger partial charge in [0.25, 0.3) is 0 Å². The van der Waals surface area contributed by atoms with Crippen molar-refractivity contribution in [2.75, 3.05) is 13.2 Å². The largest absolute Gasteiger partial charge is 0.389 e. The summed E-state index contributed by atoms with van der Waals surface area (Å²) in [6, 6.07) is 0. The second kappa shape index (κ2) is 18.5. The summed E-state index contributed by atoms with van der Waals surface area (Å²) in [5.41, 5.74) is 0. The number of alkyl halides is 3. The van der Waals surface area contributed by atoms with Gasteiger partial charge in [0, 0.05) is 19.6 Å². The first-order valence-corrected chi connectivity index (χ1v) is 12.4. The van der Waals surface area contributed by atoms with Crippen LogP contribution in [-0.2, 0) is 9.47 Å². The minimum Gasteiger partial charge on any atom is -0.353 e. The van der Waals surface area contributed by atoms with Gasteiger partial charge in [0.15, 0.2) is 6.29 Å². The smallest absolute Gasteiger partial charge is 0.353 e. The third kappa shape index (κ3) is 19.4. The molecule has 0 bridgehead atoms. The second-order valence-corrected chi connectivity index (χ2v) is 8.69. The number of hydrogen-bond donors (Lipinski definition) is 0. The molecule has 29 heavy (non-hydrogen) atoms. The van der Waals surface area contributed by atoms with Crippen molar-refractivity contribution in [2.24, 2.45) is 0 Å². The van der Waals surface area contributed by atoms with Gasteiger partial charge in [-0.15, -0.1) is 0 Å². The lowest BCUT2D eigenvalue weighted by molar-refractivity contribution is -0.162. The van der Waals surface area contributed by atoms with Gasteiger partial charge < -0.3 is 9.47 Å². The molecule has 1 aliphatic heterocycles. The van der Waals surface area contributed by atoms with Crippen LogP contribution < -0.4 is 0 Å². The molecule has 0 aromatic rings. The lowest BCUT2D eigenvalue weighted by Gasteiger charge is -2.22. The Morgan fingerprint density at radius 1 is 0.621 bits per heavy atom. The summed E-state index contributed by atoms with van der Waals surface area (Å²) in [4.78, 5) is 0.